The van der Waals surface area contributed by atoms with Crippen LogP contribution >= 0.6 is 11.3 Å². The van der Waals surface area contributed by atoms with E-state index in [1.54, 1.807) is 0 Å². The van der Waals surface area contributed by atoms with Gasteiger partial charge in [-0.25, -0.2) is 4.98 Å². The summed E-state index contributed by atoms with van der Waals surface area (Å²) in [6.45, 7) is 4.67. The molecule has 0 spiro atoms. The monoisotopic (exact) mass is 380 g/mol. The molecule has 0 bridgehead atoms. The van der Waals surface area contributed by atoms with Gasteiger partial charge in [0.2, 0.25) is 5.91 Å². The van der Waals surface area contributed by atoms with Crippen LogP contribution in [-0.2, 0) is 11.2 Å². The van der Waals surface area contributed by atoms with Crippen molar-refractivity contribution < 1.29 is 9.53 Å². The van der Waals surface area contributed by atoms with Gasteiger partial charge < -0.3 is 10.1 Å². The van der Waals surface area contributed by atoms with E-state index in [4.69, 9.17) is 4.74 Å². The fourth-order valence-corrected chi connectivity index (χ4v) is 3.59. The summed E-state index contributed by atoms with van der Waals surface area (Å²) in [5.74, 6) is 0.809. The predicted octanol–water partition coefficient (Wildman–Crippen LogP) is 5.48. The minimum Gasteiger partial charge on any atom is -0.494 e. The molecular weight excluding hydrogens is 356 g/mol. The number of anilines is 1. The summed E-state index contributed by atoms with van der Waals surface area (Å²) in [6, 6.07) is 18.1. The third kappa shape index (κ3) is 5.41. The molecular formula is C22H24N2O2S. The smallest absolute Gasteiger partial charge is 0.226 e. The molecule has 140 valence electrons. The highest BCUT2D eigenvalue weighted by molar-refractivity contribution is 7.16. The van der Waals surface area contributed by atoms with Gasteiger partial charge in [-0.2, -0.15) is 0 Å². The van der Waals surface area contributed by atoms with Crippen molar-refractivity contribution in [1.29, 1.82) is 0 Å². The zero-order valence-corrected chi connectivity index (χ0v) is 16.5. The summed E-state index contributed by atoms with van der Waals surface area (Å²) in [5.41, 5.74) is 3.28. The number of nitrogens with zero attached hydrogens (tertiary/aromatic N) is 1. The lowest BCUT2D eigenvalue weighted by molar-refractivity contribution is -0.116. The standard InChI is InChI=1S/C22H24N2O2S/c1-3-17-11-13-19(14-12-17)26-15-7-10-20(25)23-22-24-21(16(2)27-22)18-8-5-4-6-9-18/h4-6,8-9,11-14H,3,7,10,15H2,1-2H3,(H,23,24,25). The van der Waals surface area contributed by atoms with Crippen molar-refractivity contribution in [2.75, 3.05) is 11.9 Å². The van der Waals surface area contributed by atoms with Crippen molar-refractivity contribution in [1.82, 2.24) is 4.98 Å². The number of carbonyl (C=O) groups excluding carboxylic acids is 1. The Balaban J connectivity index is 1.45. The minimum atomic E-state index is -0.0340. The molecule has 1 N–H and O–H groups in total. The van der Waals surface area contributed by atoms with Gasteiger partial charge in [0.25, 0.3) is 0 Å². The topological polar surface area (TPSA) is 51.2 Å². The Labute approximate surface area is 164 Å². The maximum Gasteiger partial charge on any atom is 0.226 e. The normalized spacial score (nSPS) is 10.6. The van der Waals surface area contributed by atoms with Crippen LogP contribution in [0.4, 0.5) is 5.13 Å². The fourth-order valence-electron chi connectivity index (χ4n) is 2.74. The second-order valence-electron chi connectivity index (χ2n) is 6.29. The van der Waals surface area contributed by atoms with Crippen LogP contribution in [0, 0.1) is 6.92 Å². The number of aromatic nitrogens is 1. The lowest BCUT2D eigenvalue weighted by Crippen LogP contribution is -2.12. The maximum absolute atomic E-state index is 12.2. The average Bonchev–Trinajstić information content (AvgIpc) is 3.06. The van der Waals surface area contributed by atoms with E-state index in [1.807, 2.05) is 49.4 Å². The number of hydrogen-bond donors (Lipinski definition) is 1. The Morgan fingerprint density at radius 3 is 2.56 bits per heavy atom. The SMILES string of the molecule is CCc1ccc(OCCCC(=O)Nc2nc(-c3ccccc3)c(C)s2)cc1. The summed E-state index contributed by atoms with van der Waals surface area (Å²) in [7, 11) is 0. The van der Waals surface area contributed by atoms with E-state index in [0.717, 1.165) is 28.3 Å². The summed E-state index contributed by atoms with van der Waals surface area (Å²) >= 11 is 1.50. The minimum absolute atomic E-state index is 0.0340. The third-order valence-electron chi connectivity index (χ3n) is 4.24. The van der Waals surface area contributed by atoms with Crippen LogP contribution in [0.5, 0.6) is 5.75 Å². The Morgan fingerprint density at radius 2 is 1.85 bits per heavy atom. The number of carbonyl (C=O) groups is 1. The van der Waals surface area contributed by atoms with E-state index in [-0.39, 0.29) is 5.91 Å². The lowest BCUT2D eigenvalue weighted by atomic mass is 10.1. The van der Waals surface area contributed by atoms with Crippen molar-refractivity contribution in [3.05, 3.63) is 65.0 Å². The molecule has 5 heteroatoms. The Hall–Kier alpha value is -2.66. The second kappa shape index (κ2) is 9.33. The van der Waals surface area contributed by atoms with Crippen LogP contribution < -0.4 is 10.1 Å². The van der Waals surface area contributed by atoms with Gasteiger partial charge >= 0.3 is 0 Å². The van der Waals surface area contributed by atoms with Crippen molar-refractivity contribution in [3.63, 3.8) is 0 Å². The van der Waals surface area contributed by atoms with Crippen LogP contribution in [0.25, 0.3) is 11.3 Å². The van der Waals surface area contributed by atoms with Gasteiger partial charge in [-0.1, -0.05) is 49.4 Å². The van der Waals surface area contributed by atoms with E-state index >= 15 is 0 Å². The zero-order chi connectivity index (χ0) is 19.1. The zero-order valence-electron chi connectivity index (χ0n) is 15.7. The Morgan fingerprint density at radius 1 is 1.11 bits per heavy atom. The summed E-state index contributed by atoms with van der Waals surface area (Å²) in [4.78, 5) is 17.8. The van der Waals surface area contributed by atoms with Crippen molar-refractivity contribution >= 4 is 22.4 Å². The molecule has 0 atom stereocenters. The van der Waals surface area contributed by atoms with E-state index in [2.05, 4.69) is 29.4 Å². The van der Waals surface area contributed by atoms with Crippen LogP contribution in [0.15, 0.2) is 54.6 Å². The highest BCUT2D eigenvalue weighted by Gasteiger charge is 2.11. The second-order valence-corrected chi connectivity index (χ2v) is 7.49. The first-order valence-electron chi connectivity index (χ1n) is 9.20. The van der Waals surface area contributed by atoms with Crippen molar-refractivity contribution in [2.45, 2.75) is 33.1 Å². The van der Waals surface area contributed by atoms with Gasteiger partial charge in [-0.15, -0.1) is 11.3 Å². The van der Waals surface area contributed by atoms with E-state index in [1.165, 1.54) is 16.9 Å². The van der Waals surface area contributed by atoms with Gasteiger partial charge in [0, 0.05) is 16.9 Å². The molecule has 1 heterocycles. The molecule has 3 rings (SSSR count). The molecule has 0 saturated carbocycles. The van der Waals surface area contributed by atoms with Gasteiger partial charge in [0.15, 0.2) is 5.13 Å². The third-order valence-corrected chi connectivity index (χ3v) is 5.12. The van der Waals surface area contributed by atoms with Crippen LogP contribution in [0.1, 0.15) is 30.2 Å². The summed E-state index contributed by atoms with van der Waals surface area (Å²) in [6.07, 6.45) is 2.09. The summed E-state index contributed by atoms with van der Waals surface area (Å²) in [5, 5.41) is 3.55. The number of hydrogen-bond acceptors (Lipinski definition) is 4. The molecule has 0 aliphatic heterocycles. The molecule has 0 radical (unpaired) electrons. The number of benzene rings is 2. The number of nitrogens with one attached hydrogen (secondary N) is 1. The molecule has 0 unspecified atom stereocenters. The van der Waals surface area contributed by atoms with Crippen LogP contribution in [0.2, 0.25) is 0 Å². The van der Waals surface area contributed by atoms with Crippen molar-refractivity contribution in [3.8, 4) is 17.0 Å². The molecule has 2 aromatic carbocycles. The molecule has 3 aromatic rings. The Kier molecular flexibility index (Phi) is 6.60. The molecule has 4 nitrogen and oxygen atoms in total. The molecule has 1 aromatic heterocycles. The van der Waals surface area contributed by atoms with Crippen LogP contribution in [0.3, 0.4) is 0 Å². The highest BCUT2D eigenvalue weighted by atomic mass is 32.1. The predicted molar refractivity (Wildman–Crippen MR) is 111 cm³/mol. The molecule has 0 saturated heterocycles. The average molecular weight is 381 g/mol. The van der Waals surface area contributed by atoms with Crippen LogP contribution in [-0.4, -0.2) is 17.5 Å². The van der Waals surface area contributed by atoms with Gasteiger partial charge in [0.05, 0.1) is 12.3 Å². The molecule has 0 aliphatic rings. The number of thiazole rings is 1. The quantitative estimate of drug-likeness (QED) is 0.527. The Bertz CT molecular complexity index is 873. The first-order chi connectivity index (χ1) is 13.2. The summed E-state index contributed by atoms with van der Waals surface area (Å²) < 4.78 is 5.69. The number of aryl methyl sites for hydroxylation is 2. The van der Waals surface area contributed by atoms with E-state index in [9.17, 15) is 4.79 Å². The fraction of sp³-hybridized carbons (Fsp3) is 0.273. The molecule has 27 heavy (non-hydrogen) atoms. The van der Waals surface area contributed by atoms with E-state index in [0.29, 0.717) is 24.6 Å². The molecule has 0 aliphatic carbocycles. The molecule has 1 amide bonds. The first kappa shape index (κ1) is 19.1. The van der Waals surface area contributed by atoms with Crippen molar-refractivity contribution in [2.24, 2.45) is 0 Å². The maximum atomic E-state index is 12.2. The van der Waals surface area contributed by atoms with Gasteiger partial charge in [0.1, 0.15) is 5.75 Å². The number of amides is 1. The largest absolute Gasteiger partial charge is 0.494 e. The van der Waals surface area contributed by atoms with Gasteiger partial charge in [-0.3, -0.25) is 4.79 Å². The first-order valence-corrected chi connectivity index (χ1v) is 10.0. The number of ether oxygens (including phenoxy) is 1. The van der Waals surface area contributed by atoms with E-state index < -0.39 is 0 Å². The highest BCUT2D eigenvalue weighted by Crippen LogP contribution is 2.30. The lowest BCUT2D eigenvalue weighted by Gasteiger charge is -2.06. The molecule has 0 fully saturated rings. The number of rotatable bonds is 8. The van der Waals surface area contributed by atoms with Gasteiger partial charge in [-0.05, 0) is 37.5 Å².